The highest BCUT2D eigenvalue weighted by Gasteiger charge is 2.24. The molecule has 0 aliphatic heterocycles. The SMILES string of the molecule is Cc1nn(CCCO)c(C)c1S(=O)(=O)NCCOC(C)C. The Bertz CT molecular complexity index is 552. The van der Waals surface area contributed by atoms with Crippen molar-refractivity contribution >= 4 is 10.0 Å². The van der Waals surface area contributed by atoms with E-state index in [1.807, 2.05) is 13.8 Å². The first-order valence-electron chi connectivity index (χ1n) is 7.05. The van der Waals surface area contributed by atoms with Gasteiger partial charge in [0.05, 0.1) is 24.1 Å². The standard InChI is InChI=1S/C13H25N3O4S/c1-10(2)20-9-6-14-21(18,19)13-11(3)15-16(12(13)4)7-5-8-17/h10,14,17H,5-9H2,1-4H3. The average Bonchev–Trinajstić information content (AvgIpc) is 2.67. The quantitative estimate of drug-likeness (QED) is 0.650. The lowest BCUT2D eigenvalue weighted by atomic mass is 10.4. The molecule has 0 radical (unpaired) electrons. The Morgan fingerprint density at radius 3 is 2.62 bits per heavy atom. The summed E-state index contributed by atoms with van der Waals surface area (Å²) in [5.74, 6) is 0. The van der Waals surface area contributed by atoms with Gasteiger partial charge in [-0.15, -0.1) is 0 Å². The van der Waals surface area contributed by atoms with Crippen LogP contribution in [0.5, 0.6) is 0 Å². The van der Waals surface area contributed by atoms with Crippen molar-refractivity contribution in [1.82, 2.24) is 14.5 Å². The molecule has 1 heterocycles. The number of aryl methyl sites for hydroxylation is 2. The van der Waals surface area contributed by atoms with Gasteiger partial charge in [-0.05, 0) is 34.1 Å². The molecule has 8 heteroatoms. The van der Waals surface area contributed by atoms with Gasteiger partial charge in [-0.1, -0.05) is 0 Å². The summed E-state index contributed by atoms with van der Waals surface area (Å²) >= 11 is 0. The second kappa shape index (κ2) is 7.88. The van der Waals surface area contributed by atoms with Crippen molar-refractivity contribution < 1.29 is 18.3 Å². The maximum Gasteiger partial charge on any atom is 0.244 e. The van der Waals surface area contributed by atoms with Gasteiger partial charge < -0.3 is 9.84 Å². The van der Waals surface area contributed by atoms with Crippen molar-refractivity contribution in [2.45, 2.75) is 51.7 Å². The van der Waals surface area contributed by atoms with Crippen LogP contribution in [0.3, 0.4) is 0 Å². The molecule has 1 aromatic rings. The Morgan fingerprint density at radius 2 is 2.05 bits per heavy atom. The lowest BCUT2D eigenvalue weighted by Gasteiger charge is -2.10. The summed E-state index contributed by atoms with van der Waals surface area (Å²) in [6, 6.07) is 0. The number of sulfonamides is 1. The third kappa shape index (κ3) is 5.06. The summed E-state index contributed by atoms with van der Waals surface area (Å²) in [5, 5.41) is 13.1. The molecule has 1 aromatic heterocycles. The van der Waals surface area contributed by atoms with E-state index in [4.69, 9.17) is 9.84 Å². The molecule has 0 fully saturated rings. The van der Waals surface area contributed by atoms with Crippen LogP contribution < -0.4 is 4.72 Å². The zero-order chi connectivity index (χ0) is 16.0. The second-order valence-corrected chi connectivity index (χ2v) is 6.82. The smallest absolute Gasteiger partial charge is 0.244 e. The van der Waals surface area contributed by atoms with E-state index in [9.17, 15) is 8.42 Å². The molecule has 0 spiro atoms. The zero-order valence-electron chi connectivity index (χ0n) is 13.1. The van der Waals surface area contributed by atoms with Gasteiger partial charge in [0.2, 0.25) is 10.0 Å². The lowest BCUT2D eigenvalue weighted by molar-refractivity contribution is 0.0834. The highest BCUT2D eigenvalue weighted by Crippen LogP contribution is 2.19. The number of aliphatic hydroxyl groups is 1. The van der Waals surface area contributed by atoms with E-state index in [-0.39, 0.29) is 24.2 Å². The van der Waals surface area contributed by atoms with Crippen LogP contribution in [0.15, 0.2) is 4.90 Å². The Labute approximate surface area is 126 Å². The predicted molar refractivity (Wildman–Crippen MR) is 79.7 cm³/mol. The maximum atomic E-state index is 12.3. The third-order valence-corrected chi connectivity index (χ3v) is 4.67. The molecule has 122 valence electrons. The van der Waals surface area contributed by atoms with E-state index in [2.05, 4.69) is 9.82 Å². The van der Waals surface area contributed by atoms with Crippen LogP contribution in [-0.2, 0) is 21.3 Å². The van der Waals surface area contributed by atoms with E-state index in [0.29, 0.717) is 31.0 Å². The normalized spacial score (nSPS) is 12.3. The number of aromatic nitrogens is 2. The van der Waals surface area contributed by atoms with Crippen LogP contribution in [-0.4, -0.2) is 49.2 Å². The summed E-state index contributed by atoms with van der Waals surface area (Å²) < 4.78 is 34.1. The van der Waals surface area contributed by atoms with Crippen LogP contribution in [0.4, 0.5) is 0 Å². The van der Waals surface area contributed by atoms with Crippen LogP contribution in [0.2, 0.25) is 0 Å². The van der Waals surface area contributed by atoms with Gasteiger partial charge in [-0.2, -0.15) is 5.10 Å². The molecule has 0 unspecified atom stereocenters. The van der Waals surface area contributed by atoms with E-state index >= 15 is 0 Å². The monoisotopic (exact) mass is 319 g/mol. The molecule has 7 nitrogen and oxygen atoms in total. The number of hydrogen-bond acceptors (Lipinski definition) is 5. The average molecular weight is 319 g/mol. The molecule has 0 saturated carbocycles. The van der Waals surface area contributed by atoms with Crippen molar-refractivity contribution in [2.75, 3.05) is 19.8 Å². The molecule has 0 aromatic carbocycles. The predicted octanol–water partition coefficient (Wildman–Crippen LogP) is 0.586. The minimum absolute atomic E-state index is 0.0468. The van der Waals surface area contributed by atoms with Crippen LogP contribution in [0.1, 0.15) is 31.7 Å². The highest BCUT2D eigenvalue weighted by molar-refractivity contribution is 7.89. The number of rotatable bonds is 9. The Kier molecular flexibility index (Phi) is 6.79. The van der Waals surface area contributed by atoms with Gasteiger partial charge in [-0.3, -0.25) is 4.68 Å². The number of nitrogens with zero attached hydrogens (tertiary/aromatic N) is 2. The Hall–Kier alpha value is -0.960. The first-order chi connectivity index (χ1) is 9.79. The van der Waals surface area contributed by atoms with E-state index in [0.717, 1.165) is 0 Å². The van der Waals surface area contributed by atoms with Crippen molar-refractivity contribution in [3.8, 4) is 0 Å². The molecular formula is C13H25N3O4S. The fourth-order valence-corrected chi connectivity index (χ4v) is 3.47. The summed E-state index contributed by atoms with van der Waals surface area (Å²) in [4.78, 5) is 0.213. The van der Waals surface area contributed by atoms with Gasteiger partial charge in [0, 0.05) is 19.7 Å². The fraction of sp³-hybridized carbons (Fsp3) is 0.769. The van der Waals surface area contributed by atoms with Gasteiger partial charge in [-0.25, -0.2) is 13.1 Å². The van der Waals surface area contributed by atoms with Crippen LogP contribution >= 0.6 is 0 Å². The lowest BCUT2D eigenvalue weighted by Crippen LogP contribution is -2.29. The van der Waals surface area contributed by atoms with Crippen LogP contribution in [0.25, 0.3) is 0 Å². The molecule has 0 aliphatic carbocycles. The van der Waals surface area contributed by atoms with E-state index < -0.39 is 10.0 Å². The Morgan fingerprint density at radius 1 is 1.38 bits per heavy atom. The molecule has 0 amide bonds. The largest absolute Gasteiger partial charge is 0.396 e. The van der Waals surface area contributed by atoms with E-state index in [1.165, 1.54) is 0 Å². The number of nitrogens with one attached hydrogen (secondary N) is 1. The number of ether oxygens (including phenoxy) is 1. The van der Waals surface area contributed by atoms with Crippen molar-refractivity contribution in [3.05, 3.63) is 11.4 Å². The van der Waals surface area contributed by atoms with E-state index in [1.54, 1.807) is 18.5 Å². The molecule has 0 saturated heterocycles. The summed E-state index contributed by atoms with van der Waals surface area (Å²) in [7, 11) is -3.60. The minimum atomic E-state index is -3.60. The zero-order valence-corrected chi connectivity index (χ0v) is 13.9. The topological polar surface area (TPSA) is 93.5 Å². The molecule has 21 heavy (non-hydrogen) atoms. The second-order valence-electron chi connectivity index (χ2n) is 5.12. The van der Waals surface area contributed by atoms with Gasteiger partial charge in [0.1, 0.15) is 4.90 Å². The molecular weight excluding hydrogens is 294 g/mol. The molecule has 0 atom stereocenters. The van der Waals surface area contributed by atoms with Gasteiger partial charge in [0.25, 0.3) is 0 Å². The van der Waals surface area contributed by atoms with Crippen molar-refractivity contribution in [3.63, 3.8) is 0 Å². The summed E-state index contributed by atoms with van der Waals surface area (Å²) in [6.07, 6.45) is 0.608. The summed E-state index contributed by atoms with van der Waals surface area (Å²) in [6.45, 7) is 8.27. The van der Waals surface area contributed by atoms with Crippen molar-refractivity contribution in [1.29, 1.82) is 0 Å². The van der Waals surface area contributed by atoms with Crippen molar-refractivity contribution in [2.24, 2.45) is 0 Å². The molecule has 2 N–H and O–H groups in total. The Balaban J connectivity index is 2.80. The molecule has 1 rings (SSSR count). The third-order valence-electron chi connectivity index (χ3n) is 2.96. The highest BCUT2D eigenvalue weighted by atomic mass is 32.2. The first-order valence-corrected chi connectivity index (χ1v) is 8.54. The molecule has 0 bridgehead atoms. The van der Waals surface area contributed by atoms with Gasteiger partial charge in [0.15, 0.2) is 0 Å². The summed E-state index contributed by atoms with van der Waals surface area (Å²) in [5.41, 5.74) is 1.04. The molecule has 0 aliphatic rings. The van der Waals surface area contributed by atoms with Gasteiger partial charge >= 0.3 is 0 Å². The number of aliphatic hydroxyl groups excluding tert-OH is 1. The number of hydrogen-bond donors (Lipinski definition) is 2. The first kappa shape index (κ1) is 18.1. The van der Waals surface area contributed by atoms with Crippen LogP contribution in [0, 0.1) is 13.8 Å². The fourth-order valence-electron chi connectivity index (χ4n) is 2.05. The minimum Gasteiger partial charge on any atom is -0.396 e. The maximum absolute atomic E-state index is 12.3.